The Morgan fingerprint density at radius 1 is 1.31 bits per heavy atom. The Morgan fingerprint density at radius 3 is 2.92 bits per heavy atom. The van der Waals surface area contributed by atoms with E-state index in [2.05, 4.69) is 15.6 Å². The van der Waals surface area contributed by atoms with Crippen molar-refractivity contribution >= 4 is 45.6 Å². The highest BCUT2D eigenvalue weighted by Crippen LogP contribution is 2.35. The van der Waals surface area contributed by atoms with Gasteiger partial charge in [-0.1, -0.05) is 12.1 Å². The van der Waals surface area contributed by atoms with E-state index in [1.165, 1.54) is 23.5 Å². The van der Waals surface area contributed by atoms with Crippen LogP contribution in [0.2, 0.25) is 0 Å². The Bertz CT molecular complexity index is 891. The zero-order valence-electron chi connectivity index (χ0n) is 14.0. The topological polar surface area (TPSA) is 54.0 Å². The lowest BCUT2D eigenvalue weighted by Gasteiger charge is -2.12. The summed E-state index contributed by atoms with van der Waals surface area (Å²) in [5.41, 5.74) is 2.09. The Balaban J connectivity index is 0.00000196. The van der Waals surface area contributed by atoms with Crippen LogP contribution in [0.15, 0.2) is 42.5 Å². The van der Waals surface area contributed by atoms with Gasteiger partial charge in [0.25, 0.3) is 0 Å². The van der Waals surface area contributed by atoms with Crippen LogP contribution in [0.25, 0.3) is 20.8 Å². The third-order valence-corrected chi connectivity index (χ3v) is 5.44. The second kappa shape index (κ2) is 8.12. The maximum absolute atomic E-state index is 13.8. The monoisotopic (exact) mass is 391 g/mol. The van der Waals surface area contributed by atoms with Gasteiger partial charge in [-0.25, -0.2) is 9.37 Å². The Labute approximate surface area is 161 Å². The number of nitrogens with zero attached hydrogens (tertiary/aromatic N) is 1. The van der Waals surface area contributed by atoms with Crippen LogP contribution in [0, 0.1) is 5.82 Å². The lowest BCUT2D eigenvalue weighted by molar-refractivity contribution is -0.116. The zero-order chi connectivity index (χ0) is 17.2. The van der Waals surface area contributed by atoms with Crippen molar-refractivity contribution in [2.24, 2.45) is 0 Å². The molecule has 2 N–H and O–H groups in total. The molecule has 1 aliphatic heterocycles. The predicted molar refractivity (Wildman–Crippen MR) is 107 cm³/mol. The third kappa shape index (κ3) is 4.03. The average Bonchev–Trinajstić information content (AvgIpc) is 3.25. The molecule has 0 spiro atoms. The number of anilines is 1. The molecule has 2 aromatic carbocycles. The van der Waals surface area contributed by atoms with Gasteiger partial charge in [-0.15, -0.1) is 23.7 Å². The molecule has 3 aromatic rings. The number of hydrogen-bond donors (Lipinski definition) is 2. The summed E-state index contributed by atoms with van der Waals surface area (Å²) in [7, 11) is 0. The van der Waals surface area contributed by atoms with Crippen LogP contribution in [0.1, 0.15) is 19.3 Å². The number of thiazole rings is 1. The number of hydrogen-bond acceptors (Lipinski definition) is 4. The second-order valence-corrected chi connectivity index (χ2v) is 7.25. The van der Waals surface area contributed by atoms with Crippen LogP contribution >= 0.6 is 23.7 Å². The average molecular weight is 392 g/mol. The molecular formula is C19H19ClFN3OS. The molecule has 1 atom stereocenters. The van der Waals surface area contributed by atoms with Crippen LogP contribution in [-0.4, -0.2) is 23.5 Å². The molecule has 1 aromatic heterocycles. The van der Waals surface area contributed by atoms with E-state index in [9.17, 15) is 9.18 Å². The zero-order valence-corrected chi connectivity index (χ0v) is 15.6. The van der Waals surface area contributed by atoms with Gasteiger partial charge in [-0.2, -0.15) is 0 Å². The molecule has 2 heterocycles. The van der Waals surface area contributed by atoms with Gasteiger partial charge in [-0.05, 0) is 49.7 Å². The van der Waals surface area contributed by atoms with Crippen LogP contribution in [-0.2, 0) is 4.79 Å². The maximum Gasteiger partial charge on any atom is 0.225 e. The summed E-state index contributed by atoms with van der Waals surface area (Å²) < 4.78 is 14.8. The fraction of sp³-hybridized carbons (Fsp3) is 0.263. The van der Waals surface area contributed by atoms with E-state index in [4.69, 9.17) is 0 Å². The van der Waals surface area contributed by atoms with Crippen molar-refractivity contribution < 1.29 is 9.18 Å². The fourth-order valence-electron chi connectivity index (χ4n) is 3.15. The number of nitrogens with one attached hydrogen (secondary N) is 2. The van der Waals surface area contributed by atoms with E-state index in [1.54, 1.807) is 6.07 Å². The molecule has 1 fully saturated rings. The lowest BCUT2D eigenvalue weighted by Crippen LogP contribution is -2.27. The minimum Gasteiger partial charge on any atom is -0.325 e. The van der Waals surface area contributed by atoms with Gasteiger partial charge < -0.3 is 10.6 Å². The number of aromatic nitrogens is 1. The highest BCUT2D eigenvalue weighted by atomic mass is 35.5. The van der Waals surface area contributed by atoms with Gasteiger partial charge in [0.05, 0.1) is 15.9 Å². The molecule has 0 radical (unpaired) electrons. The first-order valence-electron chi connectivity index (χ1n) is 8.38. The Hall–Kier alpha value is -2.02. The minimum absolute atomic E-state index is 0. The fourth-order valence-corrected chi connectivity index (χ4v) is 4.14. The molecule has 4 nitrogen and oxygen atoms in total. The summed E-state index contributed by atoms with van der Waals surface area (Å²) in [5, 5.41) is 6.95. The van der Waals surface area contributed by atoms with Crippen molar-refractivity contribution in [3.05, 3.63) is 48.3 Å². The van der Waals surface area contributed by atoms with Gasteiger partial charge in [0.1, 0.15) is 10.8 Å². The van der Waals surface area contributed by atoms with E-state index in [0.717, 1.165) is 29.6 Å². The SMILES string of the molecule is Cl.O=C(CC1CCCN1)Nc1ccc(F)cc1-c1nc2ccccc2s1. The smallest absolute Gasteiger partial charge is 0.225 e. The van der Waals surface area contributed by atoms with Crippen LogP contribution in [0.3, 0.4) is 0 Å². The molecule has 1 aliphatic rings. The summed E-state index contributed by atoms with van der Waals surface area (Å²) in [6.07, 6.45) is 2.55. The molecule has 1 amide bonds. The standard InChI is InChI=1S/C19H18FN3OS.ClH/c20-12-7-8-15(22-18(24)11-13-4-3-9-21-13)14(10-12)19-23-16-5-1-2-6-17(16)25-19;/h1-2,5-8,10,13,21H,3-4,9,11H2,(H,22,24);1H. The highest BCUT2D eigenvalue weighted by molar-refractivity contribution is 7.21. The second-order valence-electron chi connectivity index (χ2n) is 6.22. The molecule has 0 saturated carbocycles. The highest BCUT2D eigenvalue weighted by Gasteiger charge is 2.19. The number of benzene rings is 2. The van der Waals surface area contributed by atoms with Crippen LogP contribution in [0.4, 0.5) is 10.1 Å². The number of para-hydroxylation sites is 1. The summed E-state index contributed by atoms with van der Waals surface area (Å²) >= 11 is 1.49. The van der Waals surface area contributed by atoms with Gasteiger partial charge in [0.15, 0.2) is 0 Å². The van der Waals surface area contributed by atoms with Crippen molar-refractivity contribution in [1.82, 2.24) is 10.3 Å². The third-order valence-electron chi connectivity index (χ3n) is 4.37. The number of carbonyl (C=O) groups excluding carboxylic acids is 1. The molecule has 26 heavy (non-hydrogen) atoms. The van der Waals surface area contributed by atoms with Crippen molar-refractivity contribution in [2.75, 3.05) is 11.9 Å². The molecule has 0 bridgehead atoms. The molecule has 1 saturated heterocycles. The molecule has 1 unspecified atom stereocenters. The van der Waals surface area contributed by atoms with Gasteiger partial charge >= 0.3 is 0 Å². The van der Waals surface area contributed by atoms with Crippen molar-refractivity contribution in [1.29, 1.82) is 0 Å². The quantitative estimate of drug-likeness (QED) is 0.683. The first kappa shape index (κ1) is 18.8. The summed E-state index contributed by atoms with van der Waals surface area (Å²) in [5.74, 6) is -0.405. The normalized spacial score (nSPS) is 16.4. The van der Waals surface area contributed by atoms with Crippen LogP contribution < -0.4 is 10.6 Å². The van der Waals surface area contributed by atoms with E-state index >= 15 is 0 Å². The van der Waals surface area contributed by atoms with Gasteiger partial charge in [-0.3, -0.25) is 4.79 Å². The first-order valence-corrected chi connectivity index (χ1v) is 9.19. The van der Waals surface area contributed by atoms with Gasteiger partial charge in [0, 0.05) is 18.0 Å². The summed E-state index contributed by atoms with van der Waals surface area (Å²) in [6, 6.07) is 12.4. The minimum atomic E-state index is -0.343. The van der Waals surface area contributed by atoms with Crippen molar-refractivity contribution in [3.63, 3.8) is 0 Å². The predicted octanol–water partition coefficient (Wildman–Crippen LogP) is 4.60. The Morgan fingerprint density at radius 2 is 2.15 bits per heavy atom. The molecular weight excluding hydrogens is 373 g/mol. The number of fused-ring (bicyclic) bond motifs is 1. The van der Waals surface area contributed by atoms with E-state index in [1.807, 2.05) is 24.3 Å². The van der Waals surface area contributed by atoms with E-state index in [-0.39, 0.29) is 30.2 Å². The summed E-state index contributed by atoms with van der Waals surface area (Å²) in [6.45, 7) is 0.964. The number of halogens is 2. The van der Waals surface area contributed by atoms with Gasteiger partial charge in [0.2, 0.25) is 5.91 Å². The number of amides is 1. The Kier molecular flexibility index (Phi) is 5.86. The number of rotatable bonds is 4. The number of carbonyl (C=O) groups is 1. The van der Waals surface area contributed by atoms with E-state index < -0.39 is 0 Å². The molecule has 0 aliphatic carbocycles. The van der Waals surface area contributed by atoms with Crippen molar-refractivity contribution in [3.8, 4) is 10.6 Å². The lowest BCUT2D eigenvalue weighted by atomic mass is 10.1. The van der Waals surface area contributed by atoms with E-state index in [0.29, 0.717) is 22.7 Å². The largest absolute Gasteiger partial charge is 0.325 e. The first-order chi connectivity index (χ1) is 12.2. The summed E-state index contributed by atoms with van der Waals surface area (Å²) in [4.78, 5) is 16.9. The molecule has 7 heteroatoms. The maximum atomic E-state index is 13.8. The molecule has 4 rings (SSSR count). The molecule has 136 valence electrons. The van der Waals surface area contributed by atoms with Crippen LogP contribution in [0.5, 0.6) is 0 Å². The van der Waals surface area contributed by atoms with Crippen molar-refractivity contribution in [2.45, 2.75) is 25.3 Å².